The summed E-state index contributed by atoms with van der Waals surface area (Å²) in [4.78, 5) is 0. The van der Waals surface area contributed by atoms with Gasteiger partial charge >= 0.3 is 0 Å². The van der Waals surface area contributed by atoms with Gasteiger partial charge in [-0.15, -0.1) is 0 Å². The van der Waals surface area contributed by atoms with E-state index in [0.717, 1.165) is 5.69 Å². The van der Waals surface area contributed by atoms with Gasteiger partial charge in [-0.2, -0.15) is 5.10 Å². The lowest BCUT2D eigenvalue weighted by molar-refractivity contribution is 0.567. The van der Waals surface area contributed by atoms with Gasteiger partial charge in [0, 0.05) is 22.9 Å². The summed E-state index contributed by atoms with van der Waals surface area (Å²) in [6.07, 6.45) is 0. The van der Waals surface area contributed by atoms with Crippen molar-refractivity contribution in [2.75, 3.05) is 10.5 Å². The average Bonchev–Trinajstić information content (AvgIpc) is 2.79. The third kappa shape index (κ3) is 4.22. The summed E-state index contributed by atoms with van der Waals surface area (Å²) >= 11 is 0. The summed E-state index contributed by atoms with van der Waals surface area (Å²) in [5.41, 5.74) is 7.60. The van der Waals surface area contributed by atoms with Crippen molar-refractivity contribution < 1.29 is 8.42 Å². The van der Waals surface area contributed by atoms with Crippen LogP contribution in [0.1, 0.15) is 32.0 Å². The van der Waals surface area contributed by atoms with E-state index in [1.54, 1.807) is 30.3 Å². The third-order valence-corrected chi connectivity index (χ3v) is 4.22. The van der Waals surface area contributed by atoms with Crippen LogP contribution >= 0.6 is 0 Å². The maximum Gasteiger partial charge on any atom is 0.238 e. The number of nitrogens with two attached hydrogens (primary N) is 1. The molecule has 114 valence electrons. The first-order valence-corrected chi connectivity index (χ1v) is 8.22. The van der Waals surface area contributed by atoms with E-state index in [1.165, 1.54) is 0 Å². The maximum absolute atomic E-state index is 12.1. The van der Waals surface area contributed by atoms with Gasteiger partial charge in [0.1, 0.15) is 0 Å². The van der Waals surface area contributed by atoms with Gasteiger partial charge in [0.05, 0.1) is 5.75 Å². The van der Waals surface area contributed by atoms with Crippen molar-refractivity contribution in [3.63, 3.8) is 0 Å². The Bertz CT molecular complexity index is 712. The molecule has 0 spiro atoms. The van der Waals surface area contributed by atoms with Gasteiger partial charge in [0.2, 0.25) is 10.0 Å². The molecule has 0 aliphatic carbocycles. The number of rotatable bonds is 4. The Morgan fingerprint density at radius 2 is 1.86 bits per heavy atom. The van der Waals surface area contributed by atoms with Crippen molar-refractivity contribution in [2.45, 2.75) is 31.9 Å². The monoisotopic (exact) mass is 308 g/mol. The lowest BCUT2D eigenvalue weighted by Crippen LogP contribution is -2.15. The SMILES string of the molecule is CC(C)(C)c1cc(NS(=O)(=O)Cc2ccc(N)cc2)n[nH]1. The zero-order chi connectivity index (χ0) is 15.7. The van der Waals surface area contributed by atoms with E-state index in [0.29, 0.717) is 17.1 Å². The van der Waals surface area contributed by atoms with Crippen LogP contribution in [-0.2, 0) is 21.2 Å². The summed E-state index contributed by atoms with van der Waals surface area (Å²) < 4.78 is 26.7. The molecule has 0 saturated heterocycles. The molecule has 7 heteroatoms. The molecular formula is C14H20N4O2S. The summed E-state index contributed by atoms with van der Waals surface area (Å²) in [5, 5.41) is 6.83. The highest BCUT2D eigenvalue weighted by Crippen LogP contribution is 2.22. The highest BCUT2D eigenvalue weighted by Gasteiger charge is 2.19. The van der Waals surface area contributed by atoms with E-state index in [9.17, 15) is 8.42 Å². The van der Waals surface area contributed by atoms with Crippen LogP contribution in [0.4, 0.5) is 11.5 Å². The predicted molar refractivity (Wildman–Crippen MR) is 84.4 cm³/mol. The molecule has 1 aromatic carbocycles. The summed E-state index contributed by atoms with van der Waals surface area (Å²) in [5.74, 6) is 0.181. The second kappa shape index (κ2) is 5.40. The Morgan fingerprint density at radius 3 is 2.38 bits per heavy atom. The number of aromatic amines is 1. The minimum Gasteiger partial charge on any atom is -0.399 e. The van der Waals surface area contributed by atoms with Crippen LogP contribution in [0.15, 0.2) is 30.3 Å². The van der Waals surface area contributed by atoms with Crippen molar-refractivity contribution >= 4 is 21.5 Å². The van der Waals surface area contributed by atoms with E-state index >= 15 is 0 Å². The normalized spacial score (nSPS) is 12.3. The lowest BCUT2D eigenvalue weighted by atomic mass is 9.92. The molecule has 0 unspecified atom stereocenters. The molecule has 0 amide bonds. The second-order valence-corrected chi connectivity index (χ2v) is 7.74. The average molecular weight is 308 g/mol. The number of aromatic nitrogens is 2. The van der Waals surface area contributed by atoms with Crippen LogP contribution in [0.3, 0.4) is 0 Å². The third-order valence-electron chi connectivity index (χ3n) is 2.98. The number of hydrogen-bond acceptors (Lipinski definition) is 4. The van der Waals surface area contributed by atoms with Gasteiger partial charge in [-0.05, 0) is 17.7 Å². The minimum absolute atomic E-state index is 0.117. The predicted octanol–water partition coefficient (Wildman–Crippen LogP) is 2.23. The molecule has 0 bridgehead atoms. The van der Waals surface area contributed by atoms with Crippen molar-refractivity contribution in [1.29, 1.82) is 0 Å². The Hall–Kier alpha value is -2.02. The van der Waals surface area contributed by atoms with Gasteiger partial charge < -0.3 is 5.73 Å². The topological polar surface area (TPSA) is 101 Å². The first-order valence-electron chi connectivity index (χ1n) is 6.56. The van der Waals surface area contributed by atoms with Crippen LogP contribution in [-0.4, -0.2) is 18.6 Å². The fourth-order valence-electron chi connectivity index (χ4n) is 1.79. The Balaban J connectivity index is 2.10. The summed E-state index contributed by atoms with van der Waals surface area (Å²) in [6, 6.07) is 8.45. The van der Waals surface area contributed by atoms with E-state index < -0.39 is 10.0 Å². The molecule has 0 radical (unpaired) electrons. The van der Waals surface area contributed by atoms with E-state index in [-0.39, 0.29) is 11.2 Å². The molecule has 0 fully saturated rings. The Morgan fingerprint density at radius 1 is 1.24 bits per heavy atom. The van der Waals surface area contributed by atoms with E-state index in [4.69, 9.17) is 5.73 Å². The molecule has 2 rings (SSSR count). The number of nitrogens with one attached hydrogen (secondary N) is 2. The number of anilines is 2. The summed E-state index contributed by atoms with van der Waals surface area (Å²) in [6.45, 7) is 6.06. The van der Waals surface area contributed by atoms with Crippen molar-refractivity contribution in [3.8, 4) is 0 Å². The lowest BCUT2D eigenvalue weighted by Gasteiger charge is -2.14. The zero-order valence-electron chi connectivity index (χ0n) is 12.3. The molecule has 21 heavy (non-hydrogen) atoms. The molecule has 0 aliphatic heterocycles. The van der Waals surface area contributed by atoms with E-state index in [2.05, 4.69) is 14.9 Å². The van der Waals surface area contributed by atoms with Crippen molar-refractivity contribution in [2.24, 2.45) is 0 Å². The van der Waals surface area contributed by atoms with Crippen molar-refractivity contribution in [1.82, 2.24) is 10.2 Å². The first kappa shape index (κ1) is 15.4. The van der Waals surface area contributed by atoms with Crippen LogP contribution < -0.4 is 10.5 Å². The molecule has 1 heterocycles. The van der Waals surface area contributed by atoms with Gasteiger partial charge in [-0.25, -0.2) is 8.42 Å². The van der Waals surface area contributed by atoms with Crippen LogP contribution in [0.25, 0.3) is 0 Å². The number of benzene rings is 1. The quantitative estimate of drug-likeness (QED) is 0.754. The van der Waals surface area contributed by atoms with Gasteiger partial charge in [-0.1, -0.05) is 32.9 Å². The van der Waals surface area contributed by atoms with Crippen molar-refractivity contribution in [3.05, 3.63) is 41.6 Å². The van der Waals surface area contributed by atoms with E-state index in [1.807, 2.05) is 20.8 Å². The Kier molecular flexibility index (Phi) is 3.95. The maximum atomic E-state index is 12.1. The standard InChI is InChI=1S/C14H20N4O2S/c1-14(2,3)12-8-13(17-16-12)18-21(19,20)9-10-4-6-11(15)7-5-10/h4-8H,9,15H2,1-3H3,(H2,16,17,18). The molecule has 0 aliphatic rings. The zero-order valence-corrected chi connectivity index (χ0v) is 13.2. The highest BCUT2D eigenvalue weighted by molar-refractivity contribution is 7.91. The first-order chi connectivity index (χ1) is 9.66. The molecular weight excluding hydrogens is 288 g/mol. The summed E-state index contributed by atoms with van der Waals surface area (Å²) in [7, 11) is -3.51. The fraction of sp³-hybridized carbons (Fsp3) is 0.357. The number of H-pyrrole nitrogens is 1. The smallest absolute Gasteiger partial charge is 0.238 e. The number of hydrogen-bond donors (Lipinski definition) is 3. The Labute approximate surface area is 124 Å². The van der Waals surface area contributed by atoms with Crippen LogP contribution in [0, 0.1) is 0 Å². The molecule has 0 atom stereocenters. The number of sulfonamides is 1. The molecule has 2 aromatic rings. The largest absolute Gasteiger partial charge is 0.399 e. The highest BCUT2D eigenvalue weighted by atomic mass is 32.2. The van der Waals surface area contributed by atoms with Gasteiger partial charge in [0.25, 0.3) is 0 Å². The second-order valence-electron chi connectivity index (χ2n) is 6.02. The minimum atomic E-state index is -3.51. The number of nitrogens with zero attached hydrogens (tertiary/aromatic N) is 1. The fourth-order valence-corrected chi connectivity index (χ4v) is 2.91. The molecule has 1 aromatic heterocycles. The molecule has 0 saturated carbocycles. The molecule has 4 N–H and O–H groups in total. The van der Waals surface area contributed by atoms with Gasteiger partial charge in [0.15, 0.2) is 5.82 Å². The van der Waals surface area contributed by atoms with Crippen LogP contribution in [0.2, 0.25) is 0 Å². The molecule has 6 nitrogen and oxygen atoms in total. The number of nitrogen functional groups attached to an aromatic ring is 1. The van der Waals surface area contributed by atoms with Gasteiger partial charge in [-0.3, -0.25) is 9.82 Å². The van der Waals surface area contributed by atoms with Crippen LogP contribution in [0.5, 0.6) is 0 Å².